The lowest BCUT2D eigenvalue weighted by molar-refractivity contribution is 0.394. The van der Waals surface area contributed by atoms with E-state index in [2.05, 4.69) is 4.98 Å². The van der Waals surface area contributed by atoms with Crippen LogP contribution >= 0.6 is 0 Å². The van der Waals surface area contributed by atoms with E-state index < -0.39 is 0 Å². The second kappa shape index (κ2) is 6.48. The molecule has 0 aliphatic carbocycles. The molecule has 0 spiro atoms. The van der Waals surface area contributed by atoms with Gasteiger partial charge in [-0.15, -0.1) is 0 Å². The maximum atomic E-state index is 5.36. The molecule has 0 bridgehead atoms. The average Bonchev–Trinajstić information content (AvgIpc) is 3.11. The van der Waals surface area contributed by atoms with Crippen LogP contribution in [0.3, 0.4) is 0 Å². The normalized spacial score (nSPS) is 10.4. The van der Waals surface area contributed by atoms with E-state index >= 15 is 0 Å². The van der Waals surface area contributed by atoms with Crippen molar-refractivity contribution in [3.8, 4) is 39.5 Å². The van der Waals surface area contributed by atoms with Gasteiger partial charge in [0.25, 0.3) is 0 Å². The fraction of sp³-hybridized carbons (Fsp3) is 0.158. The van der Waals surface area contributed by atoms with Gasteiger partial charge in [-0.1, -0.05) is 12.1 Å². The number of methoxy groups -OCH3 is 3. The van der Waals surface area contributed by atoms with E-state index in [0.29, 0.717) is 0 Å². The molecular weight excluding hydrogens is 290 g/mol. The number of hydrogen-bond donors (Lipinski definition) is 1. The number of aromatic nitrogens is 1. The third kappa shape index (κ3) is 3.01. The minimum absolute atomic E-state index is 0.765. The smallest absolute Gasteiger partial charge is 0.123 e. The molecule has 1 heterocycles. The molecule has 0 radical (unpaired) electrons. The average molecular weight is 309 g/mol. The zero-order chi connectivity index (χ0) is 16.2. The van der Waals surface area contributed by atoms with Crippen molar-refractivity contribution in [2.24, 2.45) is 0 Å². The van der Waals surface area contributed by atoms with E-state index in [0.717, 1.165) is 39.5 Å². The van der Waals surface area contributed by atoms with Crippen LogP contribution in [0.15, 0.2) is 54.9 Å². The molecule has 0 aliphatic heterocycles. The molecule has 4 nitrogen and oxygen atoms in total. The summed E-state index contributed by atoms with van der Waals surface area (Å²) in [5.41, 5.74) is 4.35. The van der Waals surface area contributed by atoms with Crippen LogP contribution in [0.25, 0.3) is 22.3 Å². The van der Waals surface area contributed by atoms with Crippen molar-refractivity contribution >= 4 is 0 Å². The van der Waals surface area contributed by atoms with Crippen LogP contribution in [-0.2, 0) is 0 Å². The van der Waals surface area contributed by atoms with Gasteiger partial charge in [-0.05, 0) is 35.4 Å². The van der Waals surface area contributed by atoms with E-state index in [-0.39, 0.29) is 0 Å². The fourth-order valence-corrected chi connectivity index (χ4v) is 2.58. The molecule has 2 aromatic carbocycles. The first-order valence-electron chi connectivity index (χ1n) is 7.30. The van der Waals surface area contributed by atoms with E-state index in [1.807, 2.05) is 54.9 Å². The van der Waals surface area contributed by atoms with Gasteiger partial charge >= 0.3 is 0 Å². The monoisotopic (exact) mass is 309 g/mol. The van der Waals surface area contributed by atoms with Crippen molar-refractivity contribution in [2.75, 3.05) is 21.3 Å². The fourth-order valence-electron chi connectivity index (χ4n) is 2.58. The van der Waals surface area contributed by atoms with Crippen molar-refractivity contribution in [2.45, 2.75) is 0 Å². The molecule has 118 valence electrons. The molecule has 1 N–H and O–H groups in total. The van der Waals surface area contributed by atoms with E-state index in [9.17, 15) is 0 Å². The second-order valence-corrected chi connectivity index (χ2v) is 5.11. The lowest BCUT2D eigenvalue weighted by Gasteiger charge is -2.10. The Morgan fingerprint density at radius 3 is 1.65 bits per heavy atom. The molecule has 0 fully saturated rings. The molecule has 1 aromatic heterocycles. The molecular formula is C19H19NO3. The number of H-pyrrole nitrogens is 1. The number of ether oxygens (including phenoxy) is 3. The highest BCUT2D eigenvalue weighted by atomic mass is 16.5. The minimum atomic E-state index is 0.765. The Kier molecular flexibility index (Phi) is 4.24. The van der Waals surface area contributed by atoms with Crippen molar-refractivity contribution in [1.82, 2.24) is 4.98 Å². The van der Waals surface area contributed by atoms with Crippen LogP contribution in [0.2, 0.25) is 0 Å². The third-order valence-corrected chi connectivity index (χ3v) is 3.81. The second-order valence-electron chi connectivity index (χ2n) is 5.11. The molecule has 0 atom stereocenters. The van der Waals surface area contributed by atoms with Crippen molar-refractivity contribution in [3.63, 3.8) is 0 Å². The summed E-state index contributed by atoms with van der Waals surface area (Å²) >= 11 is 0. The Bertz CT molecular complexity index is 768. The van der Waals surface area contributed by atoms with Crippen LogP contribution < -0.4 is 14.2 Å². The van der Waals surface area contributed by atoms with Crippen LogP contribution in [0.5, 0.6) is 17.2 Å². The quantitative estimate of drug-likeness (QED) is 0.761. The highest BCUT2D eigenvalue weighted by Crippen LogP contribution is 2.36. The number of rotatable bonds is 5. The maximum absolute atomic E-state index is 5.36. The Labute approximate surface area is 135 Å². The zero-order valence-corrected chi connectivity index (χ0v) is 13.4. The number of benzene rings is 2. The minimum Gasteiger partial charge on any atom is -0.497 e. The molecule has 3 rings (SSSR count). The number of aromatic amines is 1. The molecule has 0 amide bonds. The van der Waals surface area contributed by atoms with Gasteiger partial charge in [-0.25, -0.2) is 0 Å². The third-order valence-electron chi connectivity index (χ3n) is 3.81. The molecule has 3 aromatic rings. The van der Waals surface area contributed by atoms with Gasteiger partial charge in [0.15, 0.2) is 0 Å². The van der Waals surface area contributed by atoms with Crippen LogP contribution in [-0.4, -0.2) is 26.3 Å². The summed E-state index contributed by atoms with van der Waals surface area (Å²) in [6, 6.07) is 13.9. The number of nitrogens with one attached hydrogen (secondary N) is 1. The summed E-state index contributed by atoms with van der Waals surface area (Å²) in [4.78, 5) is 3.19. The Hall–Kier alpha value is -2.88. The predicted octanol–water partition coefficient (Wildman–Crippen LogP) is 4.37. The molecule has 23 heavy (non-hydrogen) atoms. The molecule has 0 saturated heterocycles. The topological polar surface area (TPSA) is 43.5 Å². The largest absolute Gasteiger partial charge is 0.497 e. The van der Waals surface area contributed by atoms with Crippen LogP contribution in [0.4, 0.5) is 0 Å². The highest BCUT2D eigenvalue weighted by Gasteiger charge is 2.11. The SMILES string of the molecule is COc1ccc(-c2c[nH]cc2-c2cc(OC)cc(OC)c2)cc1. The first-order valence-corrected chi connectivity index (χ1v) is 7.30. The van der Waals surface area contributed by atoms with E-state index in [1.165, 1.54) is 0 Å². The Balaban J connectivity index is 2.06. The summed E-state index contributed by atoms with van der Waals surface area (Å²) in [6.45, 7) is 0. The van der Waals surface area contributed by atoms with Gasteiger partial charge in [0, 0.05) is 29.6 Å². The summed E-state index contributed by atoms with van der Waals surface area (Å²) in [7, 11) is 4.97. The van der Waals surface area contributed by atoms with Gasteiger partial charge < -0.3 is 19.2 Å². The lowest BCUT2D eigenvalue weighted by atomic mass is 9.98. The molecule has 0 unspecified atom stereocenters. The standard InChI is InChI=1S/C19H19NO3/c1-21-15-6-4-13(5-7-15)18-11-20-12-19(18)14-8-16(22-2)10-17(9-14)23-3/h4-12,20H,1-3H3. The molecule has 0 saturated carbocycles. The zero-order valence-electron chi connectivity index (χ0n) is 13.4. The maximum Gasteiger partial charge on any atom is 0.123 e. The van der Waals surface area contributed by atoms with Crippen LogP contribution in [0.1, 0.15) is 0 Å². The van der Waals surface area contributed by atoms with E-state index in [4.69, 9.17) is 14.2 Å². The van der Waals surface area contributed by atoms with Gasteiger partial charge in [0.1, 0.15) is 17.2 Å². The van der Waals surface area contributed by atoms with Crippen LogP contribution in [0, 0.1) is 0 Å². The predicted molar refractivity (Wildman–Crippen MR) is 91.3 cm³/mol. The summed E-state index contributed by atoms with van der Waals surface area (Å²) < 4.78 is 16.0. The summed E-state index contributed by atoms with van der Waals surface area (Å²) in [6.07, 6.45) is 3.97. The molecule has 4 heteroatoms. The van der Waals surface area contributed by atoms with Gasteiger partial charge in [0.2, 0.25) is 0 Å². The van der Waals surface area contributed by atoms with E-state index in [1.54, 1.807) is 21.3 Å². The Morgan fingerprint density at radius 1 is 0.609 bits per heavy atom. The first kappa shape index (κ1) is 15.0. The molecule has 0 aliphatic rings. The number of hydrogen-bond acceptors (Lipinski definition) is 3. The lowest BCUT2D eigenvalue weighted by Crippen LogP contribution is -1.89. The Morgan fingerprint density at radius 2 is 1.13 bits per heavy atom. The summed E-state index contributed by atoms with van der Waals surface area (Å²) in [5, 5.41) is 0. The van der Waals surface area contributed by atoms with Gasteiger partial charge in [-0.3, -0.25) is 0 Å². The first-order chi connectivity index (χ1) is 11.2. The highest BCUT2D eigenvalue weighted by molar-refractivity contribution is 5.84. The van der Waals surface area contributed by atoms with Crippen molar-refractivity contribution < 1.29 is 14.2 Å². The van der Waals surface area contributed by atoms with Crippen molar-refractivity contribution in [1.29, 1.82) is 0 Å². The van der Waals surface area contributed by atoms with Gasteiger partial charge in [-0.2, -0.15) is 0 Å². The van der Waals surface area contributed by atoms with Crippen molar-refractivity contribution in [3.05, 3.63) is 54.9 Å². The van der Waals surface area contributed by atoms with Gasteiger partial charge in [0.05, 0.1) is 21.3 Å². The summed E-state index contributed by atoms with van der Waals surface area (Å²) in [5.74, 6) is 2.37.